The van der Waals surface area contributed by atoms with Crippen molar-refractivity contribution in [3.63, 3.8) is 0 Å². The normalized spacial score (nSPS) is 12.0. The molecule has 0 saturated heterocycles. The summed E-state index contributed by atoms with van der Waals surface area (Å²) in [5.41, 5.74) is 1.75. The van der Waals surface area contributed by atoms with Gasteiger partial charge < -0.3 is 19.9 Å². The van der Waals surface area contributed by atoms with Gasteiger partial charge in [-0.3, -0.25) is 4.79 Å². The minimum Gasteiger partial charge on any atom is -0.493 e. The van der Waals surface area contributed by atoms with Crippen molar-refractivity contribution in [3.05, 3.63) is 64.1 Å². The predicted molar refractivity (Wildman–Crippen MR) is 115 cm³/mol. The number of hydrogen-bond acceptors (Lipinski definition) is 4. The summed E-state index contributed by atoms with van der Waals surface area (Å²) in [6, 6.07) is 12.2. The van der Waals surface area contributed by atoms with E-state index in [0.717, 1.165) is 15.6 Å². The highest BCUT2D eigenvalue weighted by Crippen LogP contribution is 2.29. The molecule has 0 aromatic heterocycles. The fourth-order valence-corrected chi connectivity index (χ4v) is 2.80. The molecule has 0 spiro atoms. The molecule has 7 heteroatoms. The minimum absolute atomic E-state index is 0.216. The number of carbonyl (C=O) groups is 2. The van der Waals surface area contributed by atoms with E-state index in [4.69, 9.17) is 14.6 Å². The first-order valence-electron chi connectivity index (χ1n) is 9.07. The number of benzene rings is 2. The number of carbonyl (C=O) groups excluding carboxylic acids is 1. The zero-order valence-electron chi connectivity index (χ0n) is 16.5. The van der Waals surface area contributed by atoms with Crippen molar-refractivity contribution in [1.82, 2.24) is 5.32 Å². The number of aliphatic carboxylic acids is 1. The molecule has 0 saturated carbocycles. The number of halogens is 1. The number of carboxylic acids is 1. The maximum atomic E-state index is 12.0. The highest BCUT2D eigenvalue weighted by atomic mass is 79.9. The Hall–Kier alpha value is -2.80. The second-order valence-electron chi connectivity index (χ2n) is 6.73. The van der Waals surface area contributed by atoms with Gasteiger partial charge >= 0.3 is 5.97 Å². The summed E-state index contributed by atoms with van der Waals surface area (Å²) in [6.45, 7) is 3.87. The van der Waals surface area contributed by atoms with Gasteiger partial charge in [0.1, 0.15) is 12.6 Å². The molecule has 2 aromatic carbocycles. The molecule has 1 atom stereocenters. The quantitative estimate of drug-likeness (QED) is 0.544. The summed E-state index contributed by atoms with van der Waals surface area (Å²) in [6.07, 6.45) is 2.89. The van der Waals surface area contributed by atoms with Crippen molar-refractivity contribution in [1.29, 1.82) is 0 Å². The number of methoxy groups -OCH3 is 1. The van der Waals surface area contributed by atoms with Crippen LogP contribution >= 0.6 is 15.9 Å². The van der Waals surface area contributed by atoms with Gasteiger partial charge in [0, 0.05) is 10.5 Å². The van der Waals surface area contributed by atoms with Gasteiger partial charge in [0.25, 0.3) is 0 Å². The van der Waals surface area contributed by atoms with E-state index in [-0.39, 0.29) is 5.92 Å². The number of rotatable bonds is 9. The molecule has 2 rings (SSSR count). The summed E-state index contributed by atoms with van der Waals surface area (Å²) in [5, 5.41) is 11.6. The van der Waals surface area contributed by atoms with Gasteiger partial charge in [-0.2, -0.15) is 0 Å². The fraction of sp³-hybridized carbons (Fsp3) is 0.273. The van der Waals surface area contributed by atoms with Crippen LogP contribution in [-0.4, -0.2) is 30.1 Å². The third-order valence-electron chi connectivity index (χ3n) is 4.15. The van der Waals surface area contributed by atoms with Crippen LogP contribution in [0.25, 0.3) is 6.08 Å². The lowest BCUT2D eigenvalue weighted by atomic mass is 10.0. The van der Waals surface area contributed by atoms with E-state index in [9.17, 15) is 9.59 Å². The van der Waals surface area contributed by atoms with Crippen LogP contribution in [0.2, 0.25) is 0 Å². The average molecular weight is 462 g/mol. The van der Waals surface area contributed by atoms with E-state index >= 15 is 0 Å². The predicted octanol–water partition coefficient (Wildman–Crippen LogP) is 4.28. The molecule has 1 amide bonds. The summed E-state index contributed by atoms with van der Waals surface area (Å²) in [7, 11) is 1.54. The van der Waals surface area contributed by atoms with Crippen molar-refractivity contribution < 1.29 is 24.2 Å². The van der Waals surface area contributed by atoms with Crippen molar-refractivity contribution in [3.8, 4) is 11.5 Å². The number of ether oxygens (including phenoxy) is 2. The SMILES string of the molecule is COc1cc(/C=C/C(=O)NC(C(=O)O)C(C)C)ccc1OCc1ccc(Br)cc1. The van der Waals surface area contributed by atoms with Crippen LogP contribution in [0.1, 0.15) is 25.0 Å². The number of hydrogen-bond donors (Lipinski definition) is 2. The number of amides is 1. The van der Waals surface area contributed by atoms with Gasteiger partial charge in [-0.25, -0.2) is 4.79 Å². The third kappa shape index (κ3) is 6.94. The summed E-state index contributed by atoms with van der Waals surface area (Å²) in [4.78, 5) is 23.2. The molecule has 29 heavy (non-hydrogen) atoms. The largest absolute Gasteiger partial charge is 0.493 e. The lowest BCUT2D eigenvalue weighted by molar-refractivity contribution is -0.142. The first-order chi connectivity index (χ1) is 13.8. The van der Waals surface area contributed by atoms with Crippen LogP contribution in [-0.2, 0) is 16.2 Å². The maximum Gasteiger partial charge on any atom is 0.326 e. The van der Waals surface area contributed by atoms with E-state index in [1.54, 1.807) is 45.2 Å². The molecule has 0 aliphatic rings. The summed E-state index contributed by atoms with van der Waals surface area (Å²) in [5.74, 6) is -0.624. The second kappa shape index (κ2) is 10.7. The van der Waals surface area contributed by atoms with Crippen LogP contribution in [0, 0.1) is 5.92 Å². The van der Waals surface area contributed by atoms with Crippen molar-refractivity contribution in [2.45, 2.75) is 26.5 Å². The summed E-state index contributed by atoms with van der Waals surface area (Å²) >= 11 is 3.40. The Kier molecular flexibility index (Phi) is 8.27. The molecule has 0 bridgehead atoms. The van der Waals surface area contributed by atoms with Crippen LogP contribution < -0.4 is 14.8 Å². The molecule has 0 heterocycles. The van der Waals surface area contributed by atoms with Crippen LogP contribution in [0.15, 0.2) is 53.0 Å². The summed E-state index contributed by atoms with van der Waals surface area (Å²) < 4.78 is 12.2. The standard InChI is InChI=1S/C22H24BrNO5/c1-14(2)21(22(26)27)24-20(25)11-7-15-6-10-18(19(12-15)28-3)29-13-16-4-8-17(23)9-5-16/h4-12,14,21H,13H2,1-3H3,(H,24,25)(H,26,27)/b11-7+. The van der Waals surface area contributed by atoms with E-state index in [0.29, 0.717) is 18.1 Å². The van der Waals surface area contributed by atoms with Gasteiger partial charge in [0.15, 0.2) is 11.5 Å². The van der Waals surface area contributed by atoms with E-state index in [2.05, 4.69) is 21.2 Å². The lowest BCUT2D eigenvalue weighted by Gasteiger charge is -2.16. The van der Waals surface area contributed by atoms with E-state index in [1.165, 1.54) is 6.08 Å². The topological polar surface area (TPSA) is 84.9 Å². The Morgan fingerprint density at radius 2 is 1.83 bits per heavy atom. The smallest absolute Gasteiger partial charge is 0.326 e. The molecule has 6 nitrogen and oxygen atoms in total. The maximum absolute atomic E-state index is 12.0. The highest BCUT2D eigenvalue weighted by molar-refractivity contribution is 9.10. The average Bonchev–Trinajstić information content (AvgIpc) is 2.69. The molecule has 154 valence electrons. The molecule has 1 unspecified atom stereocenters. The number of nitrogens with one attached hydrogen (secondary N) is 1. The Balaban J connectivity index is 2.03. The molecular formula is C22H24BrNO5. The van der Waals surface area contributed by atoms with Gasteiger partial charge in [-0.05, 0) is 47.4 Å². The fourth-order valence-electron chi connectivity index (χ4n) is 2.54. The molecule has 0 aliphatic heterocycles. The van der Waals surface area contributed by atoms with Crippen LogP contribution in [0.3, 0.4) is 0 Å². The first kappa shape index (κ1) is 22.5. The Morgan fingerprint density at radius 1 is 1.14 bits per heavy atom. The monoisotopic (exact) mass is 461 g/mol. The minimum atomic E-state index is -1.06. The van der Waals surface area contributed by atoms with Crippen molar-refractivity contribution in [2.75, 3.05) is 7.11 Å². The van der Waals surface area contributed by atoms with Gasteiger partial charge in [-0.15, -0.1) is 0 Å². The molecule has 0 radical (unpaired) electrons. The highest BCUT2D eigenvalue weighted by Gasteiger charge is 2.22. The zero-order valence-corrected chi connectivity index (χ0v) is 18.1. The van der Waals surface area contributed by atoms with Gasteiger partial charge in [0.2, 0.25) is 5.91 Å². The number of carboxylic acid groups (broad SMARTS) is 1. The third-order valence-corrected chi connectivity index (χ3v) is 4.68. The van der Waals surface area contributed by atoms with Crippen molar-refractivity contribution >= 4 is 33.9 Å². The molecule has 0 aliphatic carbocycles. The van der Waals surface area contributed by atoms with Gasteiger partial charge in [0.05, 0.1) is 7.11 Å². The van der Waals surface area contributed by atoms with Crippen LogP contribution in [0.4, 0.5) is 0 Å². The van der Waals surface area contributed by atoms with Crippen molar-refractivity contribution in [2.24, 2.45) is 5.92 Å². The Labute approximate surface area is 178 Å². The molecule has 2 N–H and O–H groups in total. The lowest BCUT2D eigenvalue weighted by Crippen LogP contribution is -2.43. The Bertz CT molecular complexity index is 877. The molecule has 2 aromatic rings. The Morgan fingerprint density at radius 3 is 2.41 bits per heavy atom. The molecule has 0 fully saturated rings. The van der Waals surface area contributed by atoms with Crippen LogP contribution in [0.5, 0.6) is 11.5 Å². The second-order valence-corrected chi connectivity index (χ2v) is 7.64. The van der Waals surface area contributed by atoms with Gasteiger partial charge in [-0.1, -0.05) is 48.0 Å². The zero-order chi connectivity index (χ0) is 21.4. The van der Waals surface area contributed by atoms with E-state index in [1.807, 2.05) is 24.3 Å². The molecular weight excluding hydrogens is 438 g/mol. The first-order valence-corrected chi connectivity index (χ1v) is 9.86. The van der Waals surface area contributed by atoms with E-state index < -0.39 is 17.9 Å².